The summed E-state index contributed by atoms with van der Waals surface area (Å²) in [5.41, 5.74) is 3.97. The number of carbonyl (C=O) groups is 1. The Morgan fingerprint density at radius 2 is 1.54 bits per heavy atom. The van der Waals surface area contributed by atoms with E-state index < -0.39 is 5.60 Å². The third kappa shape index (κ3) is 3.28. The molecular weight excluding hydrogens is 322 g/mol. The van der Waals surface area contributed by atoms with Gasteiger partial charge in [0.15, 0.2) is 5.60 Å². The first kappa shape index (κ1) is 18.7. The van der Waals surface area contributed by atoms with Crippen molar-refractivity contribution >= 4 is 5.97 Å². The van der Waals surface area contributed by atoms with Crippen LogP contribution in [0.2, 0.25) is 0 Å². The van der Waals surface area contributed by atoms with E-state index in [9.17, 15) is 4.79 Å². The van der Waals surface area contributed by atoms with Crippen molar-refractivity contribution in [1.82, 2.24) is 4.90 Å². The van der Waals surface area contributed by atoms with Crippen molar-refractivity contribution < 1.29 is 9.53 Å². The first-order valence-electron chi connectivity index (χ1n) is 9.67. The third-order valence-corrected chi connectivity index (χ3v) is 5.68. The summed E-state index contributed by atoms with van der Waals surface area (Å²) < 4.78 is 5.93. The average molecular weight is 351 g/mol. The lowest BCUT2D eigenvalue weighted by atomic mass is 9.83. The molecule has 0 aliphatic heterocycles. The Morgan fingerprint density at radius 3 is 2.00 bits per heavy atom. The van der Waals surface area contributed by atoms with E-state index in [-0.39, 0.29) is 5.97 Å². The summed E-state index contributed by atoms with van der Waals surface area (Å²) in [5.74, 6) is -0.254. The second-order valence-corrected chi connectivity index (χ2v) is 7.03. The Bertz CT molecular complexity index is 747. The maximum atomic E-state index is 11.9. The molecule has 0 saturated heterocycles. The van der Waals surface area contributed by atoms with Crippen molar-refractivity contribution in [3.63, 3.8) is 0 Å². The molecule has 0 spiro atoms. The van der Waals surface area contributed by atoms with E-state index in [0.717, 1.165) is 30.6 Å². The molecule has 0 heterocycles. The third-order valence-electron chi connectivity index (χ3n) is 5.68. The molecule has 0 radical (unpaired) electrons. The number of hydrogen-bond acceptors (Lipinski definition) is 3. The SMILES string of the molecule is CCN(CC)C1Cc2ccc(cc2)C(CC)(OC(C)=O)c2ccc1cc2. The van der Waals surface area contributed by atoms with Crippen LogP contribution in [0.5, 0.6) is 0 Å². The van der Waals surface area contributed by atoms with Gasteiger partial charge in [-0.05, 0) is 37.1 Å². The molecule has 2 aromatic carbocycles. The molecule has 6 rings (SSSR count). The van der Waals surface area contributed by atoms with Gasteiger partial charge in [0.05, 0.1) is 0 Å². The van der Waals surface area contributed by atoms with Gasteiger partial charge in [0.2, 0.25) is 0 Å². The van der Waals surface area contributed by atoms with Crippen LogP contribution in [-0.2, 0) is 21.6 Å². The van der Waals surface area contributed by atoms with E-state index in [1.165, 1.54) is 18.1 Å². The van der Waals surface area contributed by atoms with Gasteiger partial charge in [0.1, 0.15) is 0 Å². The molecular formula is C23H29NO2. The number of nitrogens with zero attached hydrogens (tertiary/aromatic N) is 1. The molecule has 4 aliphatic carbocycles. The Morgan fingerprint density at radius 1 is 1.00 bits per heavy atom. The maximum absolute atomic E-state index is 11.9. The second kappa shape index (κ2) is 7.63. The molecule has 3 nitrogen and oxygen atoms in total. The molecule has 2 aromatic rings. The highest BCUT2D eigenvalue weighted by molar-refractivity contribution is 5.67. The molecule has 0 fully saturated rings. The highest BCUT2D eigenvalue weighted by Crippen LogP contribution is 2.39. The molecule has 0 aromatic heterocycles. The molecule has 0 amide bonds. The molecule has 0 N–H and O–H groups in total. The van der Waals surface area contributed by atoms with Crippen LogP contribution >= 0.6 is 0 Å². The highest BCUT2D eigenvalue weighted by Gasteiger charge is 2.36. The number of esters is 1. The van der Waals surface area contributed by atoms with Crippen LogP contribution in [0, 0.1) is 0 Å². The number of likely N-dealkylation sites (N-methyl/N-ethyl adjacent to an activating group) is 1. The molecule has 0 saturated carbocycles. The monoisotopic (exact) mass is 351 g/mol. The zero-order chi connectivity index (χ0) is 18.7. The van der Waals surface area contributed by atoms with Crippen LogP contribution in [-0.4, -0.2) is 24.0 Å². The molecule has 3 heteroatoms. The standard InChI is InChI=1S/C23H29NO2/c1-5-23(26-17(4)25)20-12-8-18(9-13-20)16-22(24(6-2)7-3)19-10-14-21(23)15-11-19/h8-15,22H,5-7,16H2,1-4H3. The van der Waals surface area contributed by atoms with E-state index in [1.54, 1.807) is 0 Å². The predicted molar refractivity (Wildman–Crippen MR) is 105 cm³/mol. The summed E-state index contributed by atoms with van der Waals surface area (Å²) in [7, 11) is 0. The lowest BCUT2D eigenvalue weighted by Crippen LogP contribution is -2.32. The molecule has 138 valence electrons. The van der Waals surface area contributed by atoms with E-state index in [1.807, 2.05) is 0 Å². The summed E-state index contributed by atoms with van der Waals surface area (Å²) in [6.07, 6.45) is 1.68. The normalized spacial score (nSPS) is 21.7. The smallest absolute Gasteiger partial charge is 0.303 e. The van der Waals surface area contributed by atoms with Gasteiger partial charge in [-0.2, -0.15) is 0 Å². The molecule has 2 atom stereocenters. The molecule has 4 bridgehead atoms. The van der Waals surface area contributed by atoms with E-state index >= 15 is 0 Å². The van der Waals surface area contributed by atoms with Gasteiger partial charge in [-0.3, -0.25) is 9.69 Å². The fourth-order valence-corrected chi connectivity index (χ4v) is 4.24. The lowest BCUT2D eigenvalue weighted by molar-refractivity contribution is -0.154. The average Bonchev–Trinajstić information content (AvgIpc) is 2.72. The Kier molecular flexibility index (Phi) is 5.47. The van der Waals surface area contributed by atoms with Gasteiger partial charge < -0.3 is 4.74 Å². The minimum atomic E-state index is -0.724. The summed E-state index contributed by atoms with van der Waals surface area (Å²) in [5, 5.41) is 0. The predicted octanol–water partition coefficient (Wildman–Crippen LogP) is 4.84. The number of rotatable bonds is 5. The van der Waals surface area contributed by atoms with Crippen molar-refractivity contribution in [2.24, 2.45) is 0 Å². The molecule has 2 unspecified atom stereocenters. The first-order chi connectivity index (χ1) is 12.5. The van der Waals surface area contributed by atoms with Gasteiger partial charge in [-0.1, -0.05) is 69.3 Å². The van der Waals surface area contributed by atoms with Crippen molar-refractivity contribution in [3.8, 4) is 0 Å². The number of benzene rings is 2. The van der Waals surface area contributed by atoms with Crippen LogP contribution in [0.1, 0.15) is 62.4 Å². The summed E-state index contributed by atoms with van der Waals surface area (Å²) in [6.45, 7) is 10.0. The molecule has 4 aliphatic rings. The number of hydrogen-bond donors (Lipinski definition) is 0. The molecule has 26 heavy (non-hydrogen) atoms. The Hall–Kier alpha value is -2.13. The quantitative estimate of drug-likeness (QED) is 0.722. The van der Waals surface area contributed by atoms with Crippen molar-refractivity contribution in [2.75, 3.05) is 13.1 Å². The zero-order valence-corrected chi connectivity index (χ0v) is 16.3. The van der Waals surface area contributed by atoms with Gasteiger partial charge in [0.25, 0.3) is 0 Å². The van der Waals surface area contributed by atoms with Crippen LogP contribution in [0.3, 0.4) is 0 Å². The minimum absolute atomic E-state index is 0.254. The summed E-state index contributed by atoms with van der Waals surface area (Å²) in [4.78, 5) is 14.4. The topological polar surface area (TPSA) is 29.5 Å². The van der Waals surface area contributed by atoms with Crippen LogP contribution in [0.15, 0.2) is 48.5 Å². The summed E-state index contributed by atoms with van der Waals surface area (Å²) >= 11 is 0. The lowest BCUT2D eigenvalue weighted by Gasteiger charge is -2.33. The second-order valence-electron chi connectivity index (χ2n) is 7.03. The van der Waals surface area contributed by atoms with Crippen molar-refractivity contribution in [2.45, 2.75) is 52.2 Å². The summed E-state index contributed by atoms with van der Waals surface area (Å²) in [6, 6.07) is 17.7. The van der Waals surface area contributed by atoms with E-state index in [4.69, 9.17) is 4.74 Å². The van der Waals surface area contributed by atoms with Crippen molar-refractivity contribution in [3.05, 3.63) is 70.8 Å². The van der Waals surface area contributed by atoms with E-state index in [2.05, 4.69) is 74.2 Å². The maximum Gasteiger partial charge on any atom is 0.303 e. The van der Waals surface area contributed by atoms with Gasteiger partial charge >= 0.3 is 5.97 Å². The van der Waals surface area contributed by atoms with E-state index in [0.29, 0.717) is 12.5 Å². The largest absolute Gasteiger partial charge is 0.449 e. The van der Waals surface area contributed by atoms with Gasteiger partial charge in [-0.15, -0.1) is 0 Å². The van der Waals surface area contributed by atoms with Gasteiger partial charge in [0, 0.05) is 24.1 Å². The van der Waals surface area contributed by atoms with Crippen LogP contribution < -0.4 is 0 Å². The minimum Gasteiger partial charge on any atom is -0.449 e. The van der Waals surface area contributed by atoms with Gasteiger partial charge in [-0.25, -0.2) is 0 Å². The number of ether oxygens (including phenoxy) is 1. The zero-order valence-electron chi connectivity index (χ0n) is 16.3. The highest BCUT2D eigenvalue weighted by atomic mass is 16.6. The van der Waals surface area contributed by atoms with Crippen LogP contribution in [0.25, 0.3) is 0 Å². The Labute approximate surface area is 157 Å². The fourth-order valence-electron chi connectivity index (χ4n) is 4.24. The number of carbonyl (C=O) groups excluding carboxylic acids is 1. The van der Waals surface area contributed by atoms with Crippen molar-refractivity contribution in [1.29, 1.82) is 0 Å². The van der Waals surface area contributed by atoms with Crippen LogP contribution in [0.4, 0.5) is 0 Å². The first-order valence-corrected chi connectivity index (χ1v) is 9.67. The Balaban J connectivity index is 2.19. The fraction of sp³-hybridized carbons (Fsp3) is 0.435.